The molecule has 1 saturated carbocycles. The van der Waals surface area contributed by atoms with Gasteiger partial charge in [0.15, 0.2) is 5.82 Å². The minimum Gasteiger partial charge on any atom is -0.457 e. The summed E-state index contributed by atoms with van der Waals surface area (Å²) < 4.78 is 5.94. The summed E-state index contributed by atoms with van der Waals surface area (Å²) in [7, 11) is 0. The van der Waals surface area contributed by atoms with E-state index >= 15 is 0 Å². The smallest absolute Gasteiger partial charge is 0.264 e. The maximum Gasteiger partial charge on any atom is 0.264 e. The summed E-state index contributed by atoms with van der Waals surface area (Å²) in [6.07, 6.45) is 6.33. The summed E-state index contributed by atoms with van der Waals surface area (Å²) in [6, 6.07) is 21.4. The number of ether oxygens (including phenoxy) is 1. The molecule has 1 atom stereocenters. The Labute approximate surface area is 220 Å². The van der Waals surface area contributed by atoms with Crippen LogP contribution in [0.5, 0.6) is 11.5 Å². The zero-order chi connectivity index (χ0) is 26.1. The molecule has 8 heteroatoms. The van der Waals surface area contributed by atoms with Gasteiger partial charge in [-0.1, -0.05) is 24.3 Å². The lowest BCUT2D eigenvalue weighted by Gasteiger charge is -2.24. The van der Waals surface area contributed by atoms with Gasteiger partial charge >= 0.3 is 0 Å². The summed E-state index contributed by atoms with van der Waals surface area (Å²) in [4.78, 5) is 20.0. The molecule has 3 heterocycles. The van der Waals surface area contributed by atoms with Crippen LogP contribution in [-0.2, 0) is 11.2 Å². The fourth-order valence-corrected chi connectivity index (χ4v) is 5.11. The van der Waals surface area contributed by atoms with Gasteiger partial charge in [-0.15, -0.1) is 0 Å². The molecule has 1 aliphatic carbocycles. The largest absolute Gasteiger partial charge is 0.457 e. The van der Waals surface area contributed by atoms with Crippen molar-refractivity contribution in [1.29, 1.82) is 5.26 Å². The van der Waals surface area contributed by atoms with E-state index in [1.165, 1.54) is 0 Å². The summed E-state index contributed by atoms with van der Waals surface area (Å²) >= 11 is 0. The Morgan fingerprint density at radius 3 is 2.63 bits per heavy atom. The lowest BCUT2D eigenvalue weighted by atomic mass is 10.0. The Bertz CT molecular complexity index is 1550. The number of nitrogens with two attached hydrogens (primary N) is 1. The third-order valence-electron chi connectivity index (χ3n) is 7.19. The Kier molecular flexibility index (Phi) is 6.26. The predicted molar refractivity (Wildman–Crippen MR) is 145 cm³/mol. The van der Waals surface area contributed by atoms with E-state index < -0.39 is 0 Å². The van der Waals surface area contributed by atoms with Crippen LogP contribution in [0.3, 0.4) is 0 Å². The zero-order valence-corrected chi connectivity index (χ0v) is 20.9. The van der Waals surface area contributed by atoms with Gasteiger partial charge in [-0.2, -0.15) is 10.4 Å². The van der Waals surface area contributed by atoms with E-state index in [4.69, 9.17) is 15.5 Å². The van der Waals surface area contributed by atoms with Crippen molar-refractivity contribution in [1.82, 2.24) is 20.1 Å². The molecule has 0 spiro atoms. The number of fused-ring (bicyclic) bond motifs is 1. The topological polar surface area (TPSA) is 121 Å². The van der Waals surface area contributed by atoms with Gasteiger partial charge in [0.05, 0.1) is 16.6 Å². The average Bonchev–Trinajstić information content (AvgIpc) is 3.52. The highest BCUT2D eigenvalue weighted by molar-refractivity contribution is 6.00. The van der Waals surface area contributed by atoms with Crippen LogP contribution in [0.15, 0.2) is 72.3 Å². The van der Waals surface area contributed by atoms with Crippen molar-refractivity contribution in [3.8, 4) is 28.8 Å². The van der Waals surface area contributed by atoms with Crippen LogP contribution in [0.1, 0.15) is 31.4 Å². The van der Waals surface area contributed by atoms with E-state index in [0.717, 1.165) is 65.0 Å². The highest BCUT2D eigenvalue weighted by Gasteiger charge is 2.32. The van der Waals surface area contributed by atoms with E-state index in [0.29, 0.717) is 24.7 Å². The number of nitriles is 1. The number of allylic oxidation sites excluding steroid dienone is 1. The highest BCUT2D eigenvalue weighted by Crippen LogP contribution is 2.34. The van der Waals surface area contributed by atoms with Crippen molar-refractivity contribution in [2.24, 2.45) is 5.92 Å². The highest BCUT2D eigenvalue weighted by atomic mass is 16.5. The number of aromatic nitrogens is 3. The SMILES string of the molecule is N#C/C(=C\C1CC1)C(=O)N1CCC[C@@H]1Cc1cc2[nH]nc(N)c2c(-c2ccc(Oc3ccccc3)cc2)n1. The first kappa shape index (κ1) is 23.7. The number of hydrogen-bond donors (Lipinski definition) is 2. The van der Waals surface area contributed by atoms with Crippen molar-refractivity contribution >= 4 is 22.6 Å². The number of amides is 1. The number of carbonyl (C=O) groups excluding carboxylic acids is 1. The molecule has 38 heavy (non-hydrogen) atoms. The van der Waals surface area contributed by atoms with E-state index in [1.807, 2.05) is 71.6 Å². The van der Waals surface area contributed by atoms with Crippen LogP contribution in [0, 0.1) is 17.2 Å². The molecule has 1 amide bonds. The Morgan fingerprint density at radius 1 is 1.13 bits per heavy atom. The molecule has 8 nitrogen and oxygen atoms in total. The number of benzene rings is 2. The van der Waals surface area contributed by atoms with E-state index in [9.17, 15) is 10.1 Å². The standard InChI is InChI=1S/C30H28N6O2/c31-18-21(15-19-8-9-19)30(37)36-14-4-5-23(36)16-22-17-26-27(29(32)35-34-26)28(33-22)20-10-12-25(13-11-20)38-24-6-2-1-3-7-24/h1-3,6-7,10-13,15,17,19,23H,4-5,8-9,14,16H2,(H3,32,34,35)/b21-15+/t23-/m1/s1. The lowest BCUT2D eigenvalue weighted by Crippen LogP contribution is -2.37. The second-order valence-electron chi connectivity index (χ2n) is 9.96. The Balaban J connectivity index is 1.28. The van der Waals surface area contributed by atoms with E-state index in [2.05, 4.69) is 16.3 Å². The number of nitrogens with one attached hydrogen (secondary N) is 1. The lowest BCUT2D eigenvalue weighted by molar-refractivity contribution is -0.127. The molecule has 4 aromatic rings. The molecule has 2 aromatic heterocycles. The number of pyridine rings is 1. The first-order valence-corrected chi connectivity index (χ1v) is 13.0. The number of carbonyl (C=O) groups is 1. The molecule has 190 valence electrons. The van der Waals surface area contributed by atoms with E-state index in [1.54, 1.807) is 0 Å². The van der Waals surface area contributed by atoms with E-state index in [-0.39, 0.29) is 17.5 Å². The number of hydrogen-bond acceptors (Lipinski definition) is 6. The molecule has 3 N–H and O–H groups in total. The normalized spacial score (nSPS) is 17.5. The van der Waals surface area contributed by atoms with Crippen molar-refractivity contribution in [2.75, 3.05) is 12.3 Å². The van der Waals surface area contributed by atoms with Crippen molar-refractivity contribution in [3.05, 3.63) is 78.0 Å². The van der Waals surface area contributed by atoms with Crippen molar-refractivity contribution in [3.63, 3.8) is 0 Å². The predicted octanol–water partition coefficient (Wildman–Crippen LogP) is 5.39. The van der Waals surface area contributed by atoms with Gasteiger partial charge in [-0.3, -0.25) is 14.9 Å². The molecular formula is C30H28N6O2. The summed E-state index contributed by atoms with van der Waals surface area (Å²) in [5.74, 6) is 2.09. The second kappa shape index (κ2) is 10.0. The van der Waals surface area contributed by atoms with Gasteiger partial charge in [0.1, 0.15) is 23.1 Å². The molecule has 0 bridgehead atoms. The first-order valence-electron chi connectivity index (χ1n) is 13.0. The maximum atomic E-state index is 13.2. The Morgan fingerprint density at radius 2 is 1.89 bits per heavy atom. The van der Waals surface area contributed by atoms with Crippen LogP contribution in [-0.4, -0.2) is 38.6 Å². The van der Waals surface area contributed by atoms with Crippen LogP contribution in [0.4, 0.5) is 5.82 Å². The van der Waals surface area contributed by atoms with Gasteiger partial charge in [0.25, 0.3) is 5.91 Å². The number of nitrogen functional groups attached to an aromatic ring is 1. The van der Waals surface area contributed by atoms with Crippen LogP contribution in [0.25, 0.3) is 22.2 Å². The van der Waals surface area contributed by atoms with Gasteiger partial charge in [0, 0.05) is 30.3 Å². The van der Waals surface area contributed by atoms with Crippen molar-refractivity contribution < 1.29 is 9.53 Å². The van der Waals surface area contributed by atoms with Crippen LogP contribution in [0.2, 0.25) is 0 Å². The maximum absolute atomic E-state index is 13.2. The van der Waals surface area contributed by atoms with Crippen LogP contribution >= 0.6 is 0 Å². The third-order valence-corrected chi connectivity index (χ3v) is 7.19. The number of anilines is 1. The molecule has 1 saturated heterocycles. The summed E-state index contributed by atoms with van der Waals surface area (Å²) in [5.41, 5.74) is 9.75. The number of nitrogens with zero attached hydrogens (tertiary/aromatic N) is 4. The summed E-state index contributed by atoms with van der Waals surface area (Å²) in [5, 5.41) is 17.6. The molecule has 2 aromatic carbocycles. The molecule has 2 aliphatic rings. The fourth-order valence-electron chi connectivity index (χ4n) is 5.11. The molecule has 6 rings (SSSR count). The molecular weight excluding hydrogens is 476 g/mol. The fraction of sp³-hybridized carbons (Fsp3) is 0.267. The van der Waals surface area contributed by atoms with Crippen LogP contribution < -0.4 is 10.5 Å². The quantitative estimate of drug-likeness (QED) is 0.257. The number of aromatic amines is 1. The van der Waals surface area contributed by atoms with Gasteiger partial charge in [0.2, 0.25) is 0 Å². The average molecular weight is 505 g/mol. The minimum absolute atomic E-state index is 0.0156. The zero-order valence-electron chi connectivity index (χ0n) is 20.9. The Hall–Kier alpha value is -4.64. The second-order valence-corrected chi connectivity index (χ2v) is 9.96. The summed E-state index contributed by atoms with van der Waals surface area (Å²) in [6.45, 7) is 0.655. The van der Waals surface area contributed by atoms with Gasteiger partial charge < -0.3 is 15.4 Å². The molecule has 0 unspecified atom stereocenters. The number of para-hydroxylation sites is 1. The van der Waals surface area contributed by atoms with Gasteiger partial charge in [-0.05, 0) is 74.1 Å². The third kappa shape index (κ3) is 4.83. The first-order chi connectivity index (χ1) is 18.6. The molecule has 0 radical (unpaired) electrons. The molecule has 2 fully saturated rings. The number of likely N-dealkylation sites (tertiary alicyclic amines) is 1. The minimum atomic E-state index is -0.164. The van der Waals surface area contributed by atoms with Crippen molar-refractivity contribution in [2.45, 2.75) is 38.1 Å². The molecule has 1 aliphatic heterocycles. The monoisotopic (exact) mass is 504 g/mol. The number of H-pyrrole nitrogens is 1. The van der Waals surface area contributed by atoms with Gasteiger partial charge in [-0.25, -0.2) is 0 Å². The number of rotatable bonds is 7.